The van der Waals surface area contributed by atoms with Gasteiger partial charge in [0.1, 0.15) is 5.75 Å². The Morgan fingerprint density at radius 3 is 2.62 bits per heavy atom. The normalized spacial score (nSPS) is 11.2. The van der Waals surface area contributed by atoms with E-state index in [2.05, 4.69) is 26.0 Å². The van der Waals surface area contributed by atoms with E-state index in [0.29, 0.717) is 16.8 Å². The van der Waals surface area contributed by atoms with Crippen molar-refractivity contribution < 1.29 is 17.9 Å². The molecule has 0 saturated heterocycles. The van der Waals surface area contributed by atoms with Crippen molar-refractivity contribution in [1.82, 2.24) is 10.0 Å². The summed E-state index contributed by atoms with van der Waals surface area (Å²) >= 11 is 3.24. The van der Waals surface area contributed by atoms with Gasteiger partial charge in [-0.2, -0.15) is 0 Å². The summed E-state index contributed by atoms with van der Waals surface area (Å²) in [6, 6.07) is 4.47. The number of amides is 1. The zero-order valence-corrected chi connectivity index (χ0v) is 14.4. The van der Waals surface area contributed by atoms with Crippen molar-refractivity contribution in [2.24, 2.45) is 0 Å². The van der Waals surface area contributed by atoms with Crippen molar-refractivity contribution in [2.45, 2.75) is 24.7 Å². The lowest BCUT2D eigenvalue weighted by atomic mass is 10.3. The topological polar surface area (TPSA) is 84.5 Å². The van der Waals surface area contributed by atoms with Gasteiger partial charge in [0.05, 0.1) is 16.5 Å². The van der Waals surface area contributed by atoms with Gasteiger partial charge < -0.3 is 10.1 Å². The van der Waals surface area contributed by atoms with Gasteiger partial charge in [-0.15, -0.1) is 0 Å². The summed E-state index contributed by atoms with van der Waals surface area (Å²) in [6.07, 6.45) is 0.952. The molecule has 0 radical (unpaired) electrons. The number of benzene rings is 1. The van der Waals surface area contributed by atoms with Crippen molar-refractivity contribution in [1.29, 1.82) is 0 Å². The maximum Gasteiger partial charge on any atom is 0.240 e. The molecule has 6 nitrogen and oxygen atoms in total. The lowest BCUT2D eigenvalue weighted by Gasteiger charge is -2.09. The number of nitrogens with one attached hydrogen (secondary N) is 2. The summed E-state index contributed by atoms with van der Waals surface area (Å²) in [7, 11) is -2.14. The van der Waals surface area contributed by atoms with Crippen LogP contribution in [0.2, 0.25) is 0 Å². The summed E-state index contributed by atoms with van der Waals surface area (Å²) in [6.45, 7) is 2.60. The maximum absolute atomic E-state index is 12.1. The molecule has 0 unspecified atom stereocenters. The Morgan fingerprint density at radius 2 is 2.05 bits per heavy atom. The van der Waals surface area contributed by atoms with E-state index < -0.39 is 10.0 Å². The molecule has 0 bridgehead atoms. The van der Waals surface area contributed by atoms with Crippen LogP contribution in [0, 0.1) is 0 Å². The van der Waals surface area contributed by atoms with E-state index in [1.54, 1.807) is 6.07 Å². The number of carbonyl (C=O) groups excluding carboxylic acids is 1. The van der Waals surface area contributed by atoms with Crippen molar-refractivity contribution in [3.8, 4) is 5.75 Å². The monoisotopic (exact) mass is 378 g/mol. The van der Waals surface area contributed by atoms with Crippen LogP contribution >= 0.6 is 15.9 Å². The zero-order valence-electron chi connectivity index (χ0n) is 12.0. The first kappa shape index (κ1) is 17.9. The van der Waals surface area contributed by atoms with Gasteiger partial charge in [-0.1, -0.05) is 6.92 Å². The molecule has 0 fully saturated rings. The highest BCUT2D eigenvalue weighted by molar-refractivity contribution is 9.10. The molecule has 118 valence electrons. The first-order valence-corrected chi connectivity index (χ1v) is 8.78. The third-order valence-corrected chi connectivity index (χ3v) is 4.73. The van der Waals surface area contributed by atoms with Crippen LogP contribution in [0.3, 0.4) is 0 Å². The number of carbonyl (C=O) groups is 1. The lowest BCUT2D eigenvalue weighted by molar-refractivity contribution is -0.120. The van der Waals surface area contributed by atoms with Crippen molar-refractivity contribution in [3.63, 3.8) is 0 Å². The molecule has 1 rings (SSSR count). The van der Waals surface area contributed by atoms with E-state index in [1.165, 1.54) is 19.2 Å². The lowest BCUT2D eigenvalue weighted by Crippen LogP contribution is -2.31. The van der Waals surface area contributed by atoms with Crippen molar-refractivity contribution >= 4 is 31.9 Å². The van der Waals surface area contributed by atoms with Gasteiger partial charge in [0.25, 0.3) is 0 Å². The van der Waals surface area contributed by atoms with Crippen LogP contribution in [0.15, 0.2) is 27.6 Å². The number of halogens is 1. The molecule has 0 saturated carbocycles. The van der Waals surface area contributed by atoms with E-state index in [9.17, 15) is 13.2 Å². The van der Waals surface area contributed by atoms with Gasteiger partial charge >= 0.3 is 0 Å². The Balaban J connectivity index is 2.61. The molecule has 0 aromatic heterocycles. The third kappa shape index (κ3) is 5.64. The summed E-state index contributed by atoms with van der Waals surface area (Å²) in [5, 5.41) is 2.68. The standard InChI is InChI=1S/C13H19BrN2O4S/c1-3-7-15-13(17)6-8-16-21(18,19)10-4-5-12(20-2)11(14)9-10/h4-5,9,16H,3,6-8H2,1-2H3,(H,15,17). The fraction of sp³-hybridized carbons (Fsp3) is 0.462. The van der Waals surface area contributed by atoms with Crippen LogP contribution in [-0.2, 0) is 14.8 Å². The van der Waals surface area contributed by atoms with Crippen LogP contribution in [0.25, 0.3) is 0 Å². The predicted octanol–water partition coefficient (Wildman–Crippen LogP) is 1.65. The molecular weight excluding hydrogens is 360 g/mol. The Labute approximate surface area is 133 Å². The smallest absolute Gasteiger partial charge is 0.240 e. The molecule has 21 heavy (non-hydrogen) atoms. The van der Waals surface area contributed by atoms with Gasteiger partial charge in [-0.05, 0) is 40.5 Å². The molecule has 0 aliphatic carbocycles. The predicted molar refractivity (Wildman–Crippen MR) is 83.8 cm³/mol. The number of sulfonamides is 1. The minimum absolute atomic E-state index is 0.0571. The fourth-order valence-corrected chi connectivity index (χ4v) is 3.30. The Hall–Kier alpha value is -1.12. The average Bonchev–Trinajstić information content (AvgIpc) is 2.44. The minimum Gasteiger partial charge on any atom is -0.496 e. The van der Waals surface area contributed by atoms with Crippen molar-refractivity contribution in [3.05, 3.63) is 22.7 Å². The van der Waals surface area contributed by atoms with Crippen LogP contribution in [0.5, 0.6) is 5.75 Å². The average molecular weight is 379 g/mol. The van der Waals surface area contributed by atoms with Crippen LogP contribution in [-0.4, -0.2) is 34.5 Å². The molecule has 0 spiro atoms. The molecule has 0 aliphatic rings. The van der Waals surface area contributed by atoms with Gasteiger partial charge in [0.15, 0.2) is 0 Å². The third-order valence-electron chi connectivity index (χ3n) is 2.65. The summed E-state index contributed by atoms with van der Waals surface area (Å²) < 4.78 is 32.1. The number of methoxy groups -OCH3 is 1. The van der Waals surface area contributed by atoms with E-state index in [0.717, 1.165) is 6.42 Å². The molecule has 1 aromatic carbocycles. The second-order valence-electron chi connectivity index (χ2n) is 4.29. The molecule has 0 atom stereocenters. The minimum atomic E-state index is -3.64. The first-order valence-electron chi connectivity index (χ1n) is 6.50. The summed E-state index contributed by atoms with van der Waals surface area (Å²) in [5.74, 6) is 0.378. The number of rotatable bonds is 8. The SMILES string of the molecule is CCCNC(=O)CCNS(=O)(=O)c1ccc(OC)c(Br)c1. The van der Waals surface area contributed by atoms with E-state index in [1.807, 2.05) is 6.92 Å². The number of hydrogen-bond donors (Lipinski definition) is 2. The molecule has 1 aromatic rings. The summed E-state index contributed by atoms with van der Waals surface area (Å²) in [5.41, 5.74) is 0. The van der Waals surface area contributed by atoms with Crippen LogP contribution < -0.4 is 14.8 Å². The second-order valence-corrected chi connectivity index (χ2v) is 6.92. The molecule has 0 heterocycles. The largest absolute Gasteiger partial charge is 0.496 e. The zero-order chi connectivity index (χ0) is 15.9. The Kier molecular flexibility index (Phi) is 7.13. The molecule has 2 N–H and O–H groups in total. The quantitative estimate of drug-likeness (QED) is 0.720. The Morgan fingerprint density at radius 1 is 1.33 bits per heavy atom. The highest BCUT2D eigenvalue weighted by Crippen LogP contribution is 2.27. The van der Waals surface area contributed by atoms with E-state index in [-0.39, 0.29) is 23.8 Å². The highest BCUT2D eigenvalue weighted by Gasteiger charge is 2.15. The first-order chi connectivity index (χ1) is 9.90. The highest BCUT2D eigenvalue weighted by atomic mass is 79.9. The molecule has 1 amide bonds. The summed E-state index contributed by atoms with van der Waals surface area (Å²) in [4.78, 5) is 11.5. The van der Waals surface area contributed by atoms with E-state index in [4.69, 9.17) is 4.74 Å². The van der Waals surface area contributed by atoms with Gasteiger partial charge in [0.2, 0.25) is 15.9 Å². The number of ether oxygens (including phenoxy) is 1. The molecular formula is C13H19BrN2O4S. The molecule has 0 aliphatic heterocycles. The van der Waals surface area contributed by atoms with Gasteiger partial charge in [-0.25, -0.2) is 13.1 Å². The van der Waals surface area contributed by atoms with Gasteiger partial charge in [0, 0.05) is 19.5 Å². The van der Waals surface area contributed by atoms with Crippen LogP contribution in [0.4, 0.5) is 0 Å². The van der Waals surface area contributed by atoms with E-state index >= 15 is 0 Å². The van der Waals surface area contributed by atoms with Gasteiger partial charge in [-0.3, -0.25) is 4.79 Å². The van der Waals surface area contributed by atoms with Crippen LogP contribution in [0.1, 0.15) is 19.8 Å². The molecule has 8 heteroatoms. The number of hydrogen-bond acceptors (Lipinski definition) is 4. The van der Waals surface area contributed by atoms with Crippen molar-refractivity contribution in [2.75, 3.05) is 20.2 Å². The maximum atomic E-state index is 12.1. The Bertz CT molecular complexity index is 590. The fourth-order valence-electron chi connectivity index (χ4n) is 1.55. The second kappa shape index (κ2) is 8.35.